The number of ether oxygens (including phenoxy) is 1. The molecule has 0 radical (unpaired) electrons. The first-order valence-corrected chi connectivity index (χ1v) is 6.39. The van der Waals surface area contributed by atoms with Crippen molar-refractivity contribution in [3.63, 3.8) is 0 Å². The van der Waals surface area contributed by atoms with Gasteiger partial charge < -0.3 is 15.4 Å². The number of hydrogen-bond acceptors (Lipinski definition) is 3. The summed E-state index contributed by atoms with van der Waals surface area (Å²) in [5.74, 6) is 1.09. The van der Waals surface area contributed by atoms with E-state index < -0.39 is 0 Å². The third-order valence-corrected chi connectivity index (χ3v) is 3.06. The van der Waals surface area contributed by atoms with Crippen molar-refractivity contribution in [3.8, 4) is 5.75 Å². The standard InChI is InChI=1S/C14H23FN2O/c1-4-11(8-16-2)9-17-10-12-7-13(15)5-6-14(12)18-3/h5-7,11,16-17H,4,8-10H2,1-3H3. The van der Waals surface area contributed by atoms with Crippen LogP contribution in [0, 0.1) is 11.7 Å². The number of benzene rings is 1. The van der Waals surface area contributed by atoms with Crippen molar-refractivity contribution in [2.45, 2.75) is 19.9 Å². The molecule has 1 aromatic carbocycles. The summed E-state index contributed by atoms with van der Waals surface area (Å²) in [6.07, 6.45) is 1.12. The molecule has 4 heteroatoms. The van der Waals surface area contributed by atoms with Gasteiger partial charge in [0.05, 0.1) is 7.11 Å². The van der Waals surface area contributed by atoms with Crippen LogP contribution < -0.4 is 15.4 Å². The van der Waals surface area contributed by atoms with Gasteiger partial charge >= 0.3 is 0 Å². The monoisotopic (exact) mass is 254 g/mol. The quantitative estimate of drug-likeness (QED) is 0.746. The highest BCUT2D eigenvalue weighted by Gasteiger charge is 2.07. The summed E-state index contributed by atoms with van der Waals surface area (Å²) in [6.45, 7) is 4.70. The molecule has 0 fully saturated rings. The van der Waals surface area contributed by atoms with Crippen LogP contribution in [0.2, 0.25) is 0 Å². The van der Waals surface area contributed by atoms with E-state index in [0.29, 0.717) is 12.5 Å². The highest BCUT2D eigenvalue weighted by molar-refractivity contribution is 5.33. The molecule has 0 saturated carbocycles. The molecule has 0 aromatic heterocycles. The molecule has 1 rings (SSSR count). The van der Waals surface area contributed by atoms with Gasteiger partial charge in [-0.05, 0) is 44.3 Å². The van der Waals surface area contributed by atoms with Crippen molar-refractivity contribution in [3.05, 3.63) is 29.6 Å². The molecule has 102 valence electrons. The number of methoxy groups -OCH3 is 1. The molecule has 0 bridgehead atoms. The van der Waals surface area contributed by atoms with E-state index in [1.807, 2.05) is 7.05 Å². The molecule has 0 aliphatic rings. The largest absolute Gasteiger partial charge is 0.496 e. The second-order valence-corrected chi connectivity index (χ2v) is 4.42. The Hall–Kier alpha value is -1.13. The van der Waals surface area contributed by atoms with Crippen LogP contribution >= 0.6 is 0 Å². The van der Waals surface area contributed by atoms with E-state index in [9.17, 15) is 4.39 Å². The van der Waals surface area contributed by atoms with Gasteiger partial charge in [-0.3, -0.25) is 0 Å². The fourth-order valence-corrected chi connectivity index (χ4v) is 1.95. The van der Waals surface area contributed by atoms with Crippen molar-refractivity contribution in [1.82, 2.24) is 10.6 Å². The van der Waals surface area contributed by atoms with Crippen LogP contribution in [0.3, 0.4) is 0 Å². The molecule has 18 heavy (non-hydrogen) atoms. The molecule has 1 unspecified atom stereocenters. The van der Waals surface area contributed by atoms with E-state index in [4.69, 9.17) is 4.74 Å². The topological polar surface area (TPSA) is 33.3 Å². The summed E-state index contributed by atoms with van der Waals surface area (Å²) in [6, 6.07) is 4.60. The van der Waals surface area contributed by atoms with Gasteiger partial charge in [-0.1, -0.05) is 13.3 Å². The lowest BCUT2D eigenvalue weighted by Gasteiger charge is -2.16. The van der Waals surface area contributed by atoms with E-state index in [2.05, 4.69) is 17.6 Å². The second kappa shape index (κ2) is 8.06. The third-order valence-electron chi connectivity index (χ3n) is 3.06. The zero-order chi connectivity index (χ0) is 13.4. The summed E-state index contributed by atoms with van der Waals surface area (Å²) >= 11 is 0. The van der Waals surface area contributed by atoms with Crippen LogP contribution in [-0.4, -0.2) is 27.2 Å². The van der Waals surface area contributed by atoms with Gasteiger partial charge in [0.2, 0.25) is 0 Å². The molecule has 3 nitrogen and oxygen atoms in total. The number of rotatable bonds is 8. The molecule has 1 atom stereocenters. The Morgan fingerprint density at radius 1 is 1.33 bits per heavy atom. The molecule has 0 aliphatic heterocycles. The summed E-state index contributed by atoms with van der Waals surface area (Å²) < 4.78 is 18.4. The molecule has 0 amide bonds. The fraction of sp³-hybridized carbons (Fsp3) is 0.571. The van der Waals surface area contributed by atoms with Crippen LogP contribution in [0.5, 0.6) is 5.75 Å². The van der Waals surface area contributed by atoms with E-state index in [1.54, 1.807) is 13.2 Å². The van der Waals surface area contributed by atoms with Gasteiger partial charge in [-0.25, -0.2) is 4.39 Å². The first kappa shape index (κ1) is 14.9. The lowest BCUT2D eigenvalue weighted by atomic mass is 10.1. The number of nitrogens with one attached hydrogen (secondary N) is 2. The lowest BCUT2D eigenvalue weighted by Crippen LogP contribution is -2.29. The minimum Gasteiger partial charge on any atom is -0.496 e. The maximum absolute atomic E-state index is 13.2. The molecular weight excluding hydrogens is 231 g/mol. The van der Waals surface area contributed by atoms with E-state index in [-0.39, 0.29) is 5.82 Å². The van der Waals surface area contributed by atoms with E-state index in [1.165, 1.54) is 12.1 Å². The van der Waals surface area contributed by atoms with Crippen molar-refractivity contribution in [2.75, 3.05) is 27.2 Å². The minimum absolute atomic E-state index is 0.227. The third kappa shape index (κ3) is 4.63. The average Bonchev–Trinajstić information content (AvgIpc) is 2.38. The first-order chi connectivity index (χ1) is 8.71. The highest BCUT2D eigenvalue weighted by atomic mass is 19.1. The lowest BCUT2D eigenvalue weighted by molar-refractivity contribution is 0.401. The maximum atomic E-state index is 13.2. The van der Waals surface area contributed by atoms with Crippen molar-refractivity contribution >= 4 is 0 Å². The first-order valence-electron chi connectivity index (χ1n) is 6.39. The molecule has 0 spiro atoms. The molecule has 0 heterocycles. The number of hydrogen-bond donors (Lipinski definition) is 2. The van der Waals surface area contributed by atoms with Gasteiger partial charge in [0.15, 0.2) is 0 Å². The normalized spacial score (nSPS) is 12.4. The average molecular weight is 254 g/mol. The zero-order valence-electron chi connectivity index (χ0n) is 11.4. The van der Waals surface area contributed by atoms with Crippen molar-refractivity contribution < 1.29 is 9.13 Å². The maximum Gasteiger partial charge on any atom is 0.123 e. The molecule has 1 aromatic rings. The summed E-state index contributed by atoms with van der Waals surface area (Å²) in [5, 5.41) is 6.53. The Kier molecular flexibility index (Phi) is 6.68. The van der Waals surface area contributed by atoms with Gasteiger partial charge in [-0.2, -0.15) is 0 Å². The van der Waals surface area contributed by atoms with Crippen molar-refractivity contribution in [1.29, 1.82) is 0 Å². The Labute approximate surface area is 109 Å². The summed E-state index contributed by atoms with van der Waals surface area (Å²) in [5.41, 5.74) is 0.858. The van der Waals surface area contributed by atoms with E-state index in [0.717, 1.165) is 30.8 Å². The molecule has 0 aliphatic carbocycles. The highest BCUT2D eigenvalue weighted by Crippen LogP contribution is 2.19. The van der Waals surface area contributed by atoms with Crippen molar-refractivity contribution in [2.24, 2.45) is 5.92 Å². The zero-order valence-corrected chi connectivity index (χ0v) is 11.4. The predicted octanol–water partition coefficient (Wildman–Crippen LogP) is 2.17. The van der Waals surface area contributed by atoms with E-state index >= 15 is 0 Å². The van der Waals surface area contributed by atoms with Crippen LogP contribution in [-0.2, 0) is 6.54 Å². The Balaban J connectivity index is 2.49. The summed E-state index contributed by atoms with van der Waals surface area (Å²) in [4.78, 5) is 0. The summed E-state index contributed by atoms with van der Waals surface area (Å²) in [7, 11) is 3.56. The smallest absolute Gasteiger partial charge is 0.123 e. The molecule has 2 N–H and O–H groups in total. The molecular formula is C14H23FN2O. The Bertz CT molecular complexity index is 358. The predicted molar refractivity (Wildman–Crippen MR) is 72.4 cm³/mol. The van der Waals surface area contributed by atoms with Crippen LogP contribution in [0.25, 0.3) is 0 Å². The minimum atomic E-state index is -0.227. The van der Waals surface area contributed by atoms with Crippen LogP contribution in [0.4, 0.5) is 4.39 Å². The number of halogens is 1. The van der Waals surface area contributed by atoms with Gasteiger partial charge in [0.1, 0.15) is 11.6 Å². The SMILES string of the molecule is CCC(CNC)CNCc1cc(F)ccc1OC. The second-order valence-electron chi connectivity index (χ2n) is 4.42. The Morgan fingerprint density at radius 2 is 2.11 bits per heavy atom. The molecule has 0 saturated heterocycles. The van der Waals surface area contributed by atoms with Crippen LogP contribution in [0.15, 0.2) is 18.2 Å². The van der Waals surface area contributed by atoms with Gasteiger partial charge in [0.25, 0.3) is 0 Å². The van der Waals surface area contributed by atoms with Gasteiger partial charge in [-0.15, -0.1) is 0 Å². The fourth-order valence-electron chi connectivity index (χ4n) is 1.95. The van der Waals surface area contributed by atoms with Crippen LogP contribution in [0.1, 0.15) is 18.9 Å². The Morgan fingerprint density at radius 3 is 2.72 bits per heavy atom. The van der Waals surface area contributed by atoms with Gasteiger partial charge in [0, 0.05) is 12.1 Å².